The van der Waals surface area contributed by atoms with E-state index in [0.29, 0.717) is 18.5 Å². The molecule has 2 aromatic rings. The summed E-state index contributed by atoms with van der Waals surface area (Å²) in [5.41, 5.74) is 2.04. The number of hydrogen-bond donors (Lipinski definition) is 1. The molecule has 3 aliphatic rings. The van der Waals surface area contributed by atoms with Gasteiger partial charge in [0.1, 0.15) is 0 Å². The maximum atomic E-state index is 13.3. The molecule has 0 aromatic heterocycles. The first-order chi connectivity index (χ1) is 14.9. The van der Waals surface area contributed by atoms with Crippen LogP contribution in [0.2, 0.25) is 0 Å². The Morgan fingerprint density at radius 3 is 2.55 bits per heavy atom. The summed E-state index contributed by atoms with van der Waals surface area (Å²) in [6.45, 7) is 3.03. The zero-order valence-electron chi connectivity index (χ0n) is 17.2. The third kappa shape index (κ3) is 4.28. The van der Waals surface area contributed by atoms with Crippen LogP contribution in [0, 0.1) is 5.92 Å². The highest BCUT2D eigenvalue weighted by Gasteiger charge is 2.43. The Hall–Kier alpha value is -2.54. The van der Waals surface area contributed by atoms with Crippen molar-refractivity contribution >= 4 is 11.6 Å². The van der Waals surface area contributed by atoms with E-state index in [1.165, 1.54) is 11.6 Å². The van der Waals surface area contributed by atoms with Gasteiger partial charge in [-0.3, -0.25) is 9.69 Å². The van der Waals surface area contributed by atoms with Crippen LogP contribution in [0.25, 0.3) is 0 Å². The second kappa shape index (κ2) is 7.86. The van der Waals surface area contributed by atoms with Gasteiger partial charge in [0.05, 0.1) is 17.5 Å². The van der Waals surface area contributed by atoms with Gasteiger partial charge in [0, 0.05) is 37.9 Å². The van der Waals surface area contributed by atoms with E-state index in [9.17, 15) is 18.0 Å². The Balaban J connectivity index is 1.42. The van der Waals surface area contributed by atoms with Crippen LogP contribution in [0.5, 0.6) is 0 Å². The number of carbonyl (C=O) groups is 1. The Labute approximate surface area is 180 Å². The van der Waals surface area contributed by atoms with Crippen molar-refractivity contribution in [2.24, 2.45) is 5.92 Å². The molecule has 2 aromatic carbocycles. The summed E-state index contributed by atoms with van der Waals surface area (Å²) >= 11 is 0. The molecule has 0 bridgehead atoms. The van der Waals surface area contributed by atoms with Crippen LogP contribution < -0.4 is 10.2 Å². The summed E-state index contributed by atoms with van der Waals surface area (Å²) < 4.78 is 39.9. The van der Waals surface area contributed by atoms with Crippen LogP contribution in [0.4, 0.5) is 18.9 Å². The van der Waals surface area contributed by atoms with Gasteiger partial charge >= 0.3 is 6.18 Å². The van der Waals surface area contributed by atoms with Gasteiger partial charge in [-0.25, -0.2) is 0 Å². The first kappa shape index (κ1) is 20.4. The van der Waals surface area contributed by atoms with E-state index in [1.807, 2.05) is 18.2 Å². The molecule has 1 N–H and O–H groups in total. The van der Waals surface area contributed by atoms with Gasteiger partial charge in [-0.05, 0) is 48.6 Å². The van der Waals surface area contributed by atoms with Gasteiger partial charge in [0.2, 0.25) is 5.91 Å². The van der Waals surface area contributed by atoms with Crippen LogP contribution in [-0.4, -0.2) is 42.5 Å². The number of fused-ring (bicyclic) bond motifs is 3. The van der Waals surface area contributed by atoms with Crippen molar-refractivity contribution in [3.05, 3.63) is 65.2 Å². The number of halogens is 3. The van der Waals surface area contributed by atoms with Crippen molar-refractivity contribution < 1.29 is 18.0 Å². The van der Waals surface area contributed by atoms with E-state index >= 15 is 0 Å². The van der Waals surface area contributed by atoms with Crippen molar-refractivity contribution in [2.45, 2.75) is 44.1 Å². The summed E-state index contributed by atoms with van der Waals surface area (Å²) in [5, 5.41) is 3.09. The molecular weight excluding hydrogens is 403 g/mol. The molecule has 7 heteroatoms. The van der Waals surface area contributed by atoms with Crippen LogP contribution in [0.1, 0.15) is 29.5 Å². The van der Waals surface area contributed by atoms with E-state index in [4.69, 9.17) is 0 Å². The molecule has 5 rings (SSSR count). The second-order valence-corrected chi connectivity index (χ2v) is 8.92. The topological polar surface area (TPSA) is 35.6 Å². The van der Waals surface area contributed by atoms with E-state index in [0.717, 1.165) is 44.2 Å². The fraction of sp³-hybridized carbons (Fsp3) is 0.458. The zero-order chi connectivity index (χ0) is 21.6. The number of anilines is 1. The van der Waals surface area contributed by atoms with Crippen molar-refractivity contribution in [3.8, 4) is 0 Å². The van der Waals surface area contributed by atoms with E-state index in [-0.39, 0.29) is 23.9 Å². The lowest BCUT2D eigenvalue weighted by Gasteiger charge is -2.49. The monoisotopic (exact) mass is 429 g/mol. The standard InChI is InChI=1S/C24H26F3N3O/c25-24(26,27)18-6-9-21-17(12-18)13-20(23(31)28-19-7-8-19)22-15-29(10-11-30(21)22)14-16-4-2-1-3-5-16/h1-6,9,12,19-20,22H,7-8,10-11,13-15H2,(H,28,31)/t20-,22-/m0/s1. The molecule has 2 heterocycles. The summed E-state index contributed by atoms with van der Waals surface area (Å²) in [4.78, 5) is 17.6. The largest absolute Gasteiger partial charge is 0.416 e. The number of hydrogen-bond acceptors (Lipinski definition) is 3. The molecule has 1 amide bonds. The van der Waals surface area contributed by atoms with Crippen molar-refractivity contribution in [3.63, 3.8) is 0 Å². The summed E-state index contributed by atoms with van der Waals surface area (Å²) in [7, 11) is 0. The quantitative estimate of drug-likeness (QED) is 0.802. The molecule has 0 unspecified atom stereocenters. The van der Waals surface area contributed by atoms with Crippen LogP contribution in [0.3, 0.4) is 0 Å². The lowest BCUT2D eigenvalue weighted by Crippen LogP contribution is -2.61. The van der Waals surface area contributed by atoms with Crippen molar-refractivity contribution in [2.75, 3.05) is 24.5 Å². The fourth-order valence-corrected chi connectivity index (χ4v) is 4.88. The average Bonchev–Trinajstić information content (AvgIpc) is 3.56. The Bertz CT molecular complexity index is 958. The first-order valence-electron chi connectivity index (χ1n) is 10.9. The lowest BCUT2D eigenvalue weighted by atomic mass is 9.82. The third-order valence-corrected chi connectivity index (χ3v) is 6.63. The summed E-state index contributed by atoms with van der Waals surface area (Å²) in [5.74, 6) is -0.378. The minimum atomic E-state index is -4.38. The SMILES string of the molecule is O=C(NC1CC1)[C@H]1Cc2cc(C(F)(F)F)ccc2N2CCN(Cc3ccccc3)C[C@@H]12. The highest BCUT2D eigenvalue weighted by atomic mass is 19.4. The van der Waals surface area contributed by atoms with Crippen LogP contribution >= 0.6 is 0 Å². The molecule has 0 spiro atoms. The Kier molecular flexibility index (Phi) is 5.16. The third-order valence-electron chi connectivity index (χ3n) is 6.63. The van der Waals surface area contributed by atoms with E-state index in [1.54, 1.807) is 6.07 Å². The second-order valence-electron chi connectivity index (χ2n) is 8.92. The van der Waals surface area contributed by atoms with Gasteiger partial charge in [-0.15, -0.1) is 0 Å². The number of nitrogens with one attached hydrogen (secondary N) is 1. The molecule has 2 atom stereocenters. The first-order valence-corrected chi connectivity index (χ1v) is 10.9. The fourth-order valence-electron chi connectivity index (χ4n) is 4.88. The van der Waals surface area contributed by atoms with E-state index in [2.05, 4.69) is 27.2 Å². The number of carbonyl (C=O) groups excluding carboxylic acids is 1. The van der Waals surface area contributed by atoms with Crippen molar-refractivity contribution in [1.29, 1.82) is 0 Å². The number of piperazine rings is 1. The molecule has 4 nitrogen and oxygen atoms in total. The van der Waals surface area contributed by atoms with Gasteiger partial charge in [0.15, 0.2) is 0 Å². The summed E-state index contributed by atoms with van der Waals surface area (Å²) in [6.07, 6.45) is -2.06. The van der Waals surface area contributed by atoms with Crippen LogP contribution in [0.15, 0.2) is 48.5 Å². The predicted octanol–water partition coefficient (Wildman–Crippen LogP) is 3.85. The Morgan fingerprint density at radius 2 is 1.84 bits per heavy atom. The highest BCUT2D eigenvalue weighted by Crippen LogP contribution is 2.40. The zero-order valence-corrected chi connectivity index (χ0v) is 17.2. The van der Waals surface area contributed by atoms with Gasteiger partial charge < -0.3 is 10.2 Å². The molecule has 31 heavy (non-hydrogen) atoms. The minimum absolute atomic E-state index is 0.0258. The number of nitrogens with zero attached hydrogens (tertiary/aromatic N) is 2. The molecule has 2 aliphatic heterocycles. The molecular formula is C24H26F3N3O. The number of amides is 1. The summed E-state index contributed by atoms with van der Waals surface area (Å²) in [6, 6.07) is 14.4. The normalized spacial score (nSPS) is 23.8. The number of rotatable bonds is 4. The molecule has 0 radical (unpaired) electrons. The smallest absolute Gasteiger partial charge is 0.365 e. The van der Waals surface area contributed by atoms with Crippen LogP contribution in [-0.2, 0) is 23.9 Å². The molecule has 164 valence electrons. The average molecular weight is 429 g/mol. The van der Waals surface area contributed by atoms with Gasteiger partial charge in [-0.2, -0.15) is 13.2 Å². The van der Waals surface area contributed by atoms with Gasteiger partial charge in [-0.1, -0.05) is 30.3 Å². The maximum Gasteiger partial charge on any atom is 0.416 e. The van der Waals surface area contributed by atoms with E-state index < -0.39 is 11.7 Å². The molecule has 2 fully saturated rings. The van der Waals surface area contributed by atoms with Gasteiger partial charge in [0.25, 0.3) is 0 Å². The lowest BCUT2D eigenvalue weighted by molar-refractivity contribution is -0.137. The number of benzene rings is 2. The predicted molar refractivity (Wildman–Crippen MR) is 113 cm³/mol. The molecule has 1 aliphatic carbocycles. The van der Waals surface area contributed by atoms with Crippen molar-refractivity contribution in [1.82, 2.24) is 10.2 Å². The number of alkyl halides is 3. The minimum Gasteiger partial charge on any atom is -0.365 e. The molecule has 1 saturated carbocycles. The highest BCUT2D eigenvalue weighted by molar-refractivity contribution is 5.82. The molecule has 1 saturated heterocycles. The maximum absolute atomic E-state index is 13.3. The Morgan fingerprint density at radius 1 is 1.06 bits per heavy atom.